The number of benzene rings is 1. The van der Waals surface area contributed by atoms with Crippen molar-refractivity contribution in [2.24, 2.45) is 5.73 Å². The highest BCUT2D eigenvalue weighted by Gasteiger charge is 2.14. The summed E-state index contributed by atoms with van der Waals surface area (Å²) >= 11 is 5.97. The molecule has 0 aliphatic carbocycles. The van der Waals surface area contributed by atoms with Crippen molar-refractivity contribution in [2.45, 2.75) is 12.5 Å². The fraction of sp³-hybridized carbons (Fsp3) is 0.417. The molecular weight excluding hydrogens is 256 g/mol. The fourth-order valence-corrected chi connectivity index (χ4v) is 1.49. The van der Waals surface area contributed by atoms with Crippen molar-refractivity contribution >= 4 is 23.2 Å². The summed E-state index contributed by atoms with van der Waals surface area (Å²) in [6.07, 6.45) is 0.448. The van der Waals surface area contributed by atoms with Crippen LogP contribution in [0.15, 0.2) is 18.2 Å². The lowest BCUT2D eigenvalue weighted by Crippen LogP contribution is -2.36. The Morgan fingerprint density at radius 2 is 2.22 bits per heavy atom. The largest absolute Gasteiger partial charge is 0.497 e. The van der Waals surface area contributed by atoms with Crippen molar-refractivity contribution in [1.82, 2.24) is 0 Å². The summed E-state index contributed by atoms with van der Waals surface area (Å²) in [5, 5.41) is 3.10. The van der Waals surface area contributed by atoms with E-state index in [1.807, 2.05) is 0 Å². The maximum absolute atomic E-state index is 11.8. The Morgan fingerprint density at radius 1 is 1.50 bits per heavy atom. The number of halogens is 1. The second-order valence-corrected chi connectivity index (χ2v) is 4.13. The molecule has 6 heteroatoms. The molecule has 1 aromatic carbocycles. The molecule has 0 aliphatic rings. The predicted molar refractivity (Wildman–Crippen MR) is 71.1 cm³/mol. The molecule has 0 radical (unpaired) electrons. The number of nitrogens with two attached hydrogens (primary N) is 1. The van der Waals surface area contributed by atoms with E-state index < -0.39 is 6.04 Å². The molecular formula is C12H17ClN2O3. The van der Waals surface area contributed by atoms with Gasteiger partial charge in [-0.25, -0.2) is 0 Å². The maximum atomic E-state index is 11.8. The Kier molecular flexibility index (Phi) is 5.91. The lowest BCUT2D eigenvalue weighted by atomic mass is 10.2. The zero-order valence-electron chi connectivity index (χ0n) is 10.4. The molecule has 0 heterocycles. The van der Waals surface area contributed by atoms with Crippen LogP contribution < -0.4 is 15.8 Å². The van der Waals surface area contributed by atoms with E-state index in [1.165, 1.54) is 0 Å². The Labute approximate surface area is 111 Å². The van der Waals surface area contributed by atoms with Gasteiger partial charge in [-0.3, -0.25) is 4.79 Å². The highest BCUT2D eigenvalue weighted by atomic mass is 35.5. The van der Waals surface area contributed by atoms with Crippen LogP contribution in [0.3, 0.4) is 0 Å². The molecule has 0 saturated carbocycles. The Morgan fingerprint density at radius 3 is 2.83 bits per heavy atom. The van der Waals surface area contributed by atoms with Gasteiger partial charge in [0.15, 0.2) is 0 Å². The standard InChI is InChI=1S/C12H17ClN2O3/c1-17-6-5-10(14)12(16)15-11-7-8(18-2)3-4-9(11)13/h3-4,7,10H,5-6,14H2,1-2H3,(H,15,16). The SMILES string of the molecule is COCCC(N)C(=O)Nc1cc(OC)ccc1Cl. The number of nitrogens with one attached hydrogen (secondary N) is 1. The van der Waals surface area contributed by atoms with Crippen LogP contribution in [0, 0.1) is 0 Å². The van der Waals surface area contributed by atoms with Crippen LogP contribution >= 0.6 is 11.6 Å². The minimum absolute atomic E-state index is 0.304. The first-order valence-electron chi connectivity index (χ1n) is 5.47. The Bertz CT molecular complexity index is 412. The van der Waals surface area contributed by atoms with Gasteiger partial charge < -0.3 is 20.5 Å². The van der Waals surface area contributed by atoms with Gasteiger partial charge in [-0.05, 0) is 18.6 Å². The van der Waals surface area contributed by atoms with Crippen molar-refractivity contribution in [2.75, 3.05) is 26.1 Å². The molecule has 0 bridgehead atoms. The number of hydrogen-bond acceptors (Lipinski definition) is 4. The summed E-state index contributed by atoms with van der Waals surface area (Å²) in [6.45, 7) is 0.431. The number of methoxy groups -OCH3 is 2. The van der Waals surface area contributed by atoms with Gasteiger partial charge in [0.1, 0.15) is 5.75 Å². The number of hydrogen-bond donors (Lipinski definition) is 2. The Hall–Kier alpha value is -1.30. The van der Waals surface area contributed by atoms with Gasteiger partial charge in [0.05, 0.1) is 23.9 Å². The molecule has 1 unspecified atom stereocenters. The topological polar surface area (TPSA) is 73.6 Å². The van der Waals surface area contributed by atoms with Crippen LogP contribution in [0.1, 0.15) is 6.42 Å². The van der Waals surface area contributed by atoms with E-state index in [0.29, 0.717) is 29.5 Å². The smallest absolute Gasteiger partial charge is 0.241 e. The second kappa shape index (κ2) is 7.20. The predicted octanol–water partition coefficient (Wildman–Crippen LogP) is 1.65. The molecule has 0 saturated heterocycles. The van der Waals surface area contributed by atoms with E-state index in [-0.39, 0.29) is 5.91 Å². The molecule has 0 spiro atoms. The Balaban J connectivity index is 2.68. The van der Waals surface area contributed by atoms with Crippen LogP contribution in [0.25, 0.3) is 0 Å². The minimum atomic E-state index is -0.632. The van der Waals surface area contributed by atoms with Gasteiger partial charge in [0, 0.05) is 19.8 Å². The summed E-state index contributed by atoms with van der Waals surface area (Å²) in [6, 6.07) is 4.37. The summed E-state index contributed by atoms with van der Waals surface area (Å²) in [7, 11) is 3.10. The zero-order chi connectivity index (χ0) is 13.5. The molecule has 100 valence electrons. The maximum Gasteiger partial charge on any atom is 0.241 e. The van der Waals surface area contributed by atoms with Gasteiger partial charge in [-0.2, -0.15) is 0 Å². The molecule has 3 N–H and O–H groups in total. The van der Waals surface area contributed by atoms with E-state index in [9.17, 15) is 4.79 Å². The monoisotopic (exact) mass is 272 g/mol. The van der Waals surface area contributed by atoms with Crippen LogP contribution in [-0.2, 0) is 9.53 Å². The number of carbonyl (C=O) groups is 1. The lowest BCUT2D eigenvalue weighted by molar-refractivity contribution is -0.117. The number of anilines is 1. The third kappa shape index (κ3) is 4.18. The van der Waals surface area contributed by atoms with Crippen molar-refractivity contribution in [3.63, 3.8) is 0 Å². The van der Waals surface area contributed by atoms with Crippen LogP contribution in [0.2, 0.25) is 5.02 Å². The van der Waals surface area contributed by atoms with Crippen LogP contribution in [0.5, 0.6) is 5.75 Å². The van der Waals surface area contributed by atoms with Crippen LogP contribution in [0.4, 0.5) is 5.69 Å². The van der Waals surface area contributed by atoms with Gasteiger partial charge in [0.25, 0.3) is 0 Å². The molecule has 1 rings (SSSR count). The summed E-state index contributed by atoms with van der Waals surface area (Å²) in [4.78, 5) is 11.8. The quantitative estimate of drug-likeness (QED) is 0.826. The summed E-state index contributed by atoms with van der Waals surface area (Å²) in [5.41, 5.74) is 6.19. The average molecular weight is 273 g/mol. The first kappa shape index (κ1) is 14.8. The molecule has 1 aromatic rings. The fourth-order valence-electron chi connectivity index (χ4n) is 1.33. The molecule has 1 amide bonds. The first-order valence-corrected chi connectivity index (χ1v) is 5.85. The highest BCUT2D eigenvalue weighted by molar-refractivity contribution is 6.33. The normalized spacial score (nSPS) is 12.0. The van der Waals surface area contributed by atoms with Gasteiger partial charge in [-0.1, -0.05) is 11.6 Å². The summed E-state index contributed by atoms with van der Waals surface area (Å²) < 4.78 is 9.92. The van der Waals surface area contributed by atoms with Crippen molar-refractivity contribution < 1.29 is 14.3 Å². The lowest BCUT2D eigenvalue weighted by Gasteiger charge is -2.13. The number of carbonyl (C=O) groups excluding carboxylic acids is 1. The first-order chi connectivity index (χ1) is 8.58. The van der Waals surface area contributed by atoms with E-state index in [2.05, 4.69) is 5.32 Å². The van der Waals surface area contributed by atoms with E-state index in [0.717, 1.165) is 0 Å². The molecule has 0 aliphatic heterocycles. The molecule has 0 fully saturated rings. The molecule has 1 atom stereocenters. The number of rotatable bonds is 6. The van der Waals surface area contributed by atoms with E-state index >= 15 is 0 Å². The average Bonchev–Trinajstić information content (AvgIpc) is 2.38. The number of amides is 1. The minimum Gasteiger partial charge on any atom is -0.497 e. The molecule has 5 nitrogen and oxygen atoms in total. The third-order valence-corrected chi connectivity index (χ3v) is 2.73. The van der Waals surface area contributed by atoms with E-state index in [1.54, 1.807) is 32.4 Å². The van der Waals surface area contributed by atoms with Gasteiger partial charge in [0.2, 0.25) is 5.91 Å². The van der Waals surface area contributed by atoms with Crippen molar-refractivity contribution in [3.05, 3.63) is 23.2 Å². The molecule has 18 heavy (non-hydrogen) atoms. The highest BCUT2D eigenvalue weighted by Crippen LogP contribution is 2.26. The van der Waals surface area contributed by atoms with Crippen molar-refractivity contribution in [1.29, 1.82) is 0 Å². The second-order valence-electron chi connectivity index (χ2n) is 3.72. The summed E-state index contributed by atoms with van der Waals surface area (Å²) in [5.74, 6) is 0.308. The van der Waals surface area contributed by atoms with Gasteiger partial charge >= 0.3 is 0 Å². The van der Waals surface area contributed by atoms with Gasteiger partial charge in [-0.15, -0.1) is 0 Å². The zero-order valence-corrected chi connectivity index (χ0v) is 11.2. The number of ether oxygens (including phenoxy) is 2. The third-order valence-electron chi connectivity index (χ3n) is 2.40. The molecule has 0 aromatic heterocycles. The van der Waals surface area contributed by atoms with E-state index in [4.69, 9.17) is 26.8 Å². The van der Waals surface area contributed by atoms with Crippen molar-refractivity contribution in [3.8, 4) is 5.75 Å². The van der Waals surface area contributed by atoms with Crippen LogP contribution in [-0.4, -0.2) is 32.8 Å².